The molecular formula is C29H29F3N6O3S. The molecule has 1 unspecified atom stereocenters. The van der Waals surface area contributed by atoms with E-state index in [2.05, 4.69) is 25.6 Å². The molecule has 220 valence electrons. The maximum Gasteiger partial charge on any atom is 0.237 e. The van der Waals surface area contributed by atoms with E-state index in [9.17, 15) is 12.8 Å². The summed E-state index contributed by atoms with van der Waals surface area (Å²) in [5.41, 5.74) is -1.01. The van der Waals surface area contributed by atoms with Crippen molar-refractivity contribution in [1.29, 1.82) is 0 Å². The number of anilines is 2. The summed E-state index contributed by atoms with van der Waals surface area (Å²) in [6, 6.07) is 13.9. The first-order valence-electron chi connectivity index (χ1n) is 13.2. The predicted octanol–water partition coefficient (Wildman–Crippen LogP) is 5.36. The number of halogens is 3. The SMILES string of the molecule is Cc1c(Oc2ncccc2-c2ccnc(NC3CNC[C@@](C)(F)C3)n2)cc(F)c(NS(=O)(=O)Cc2ccccc2)c1F. The molecule has 4 aromatic rings. The van der Waals surface area contributed by atoms with Crippen LogP contribution in [0.5, 0.6) is 11.6 Å². The summed E-state index contributed by atoms with van der Waals surface area (Å²) in [6.07, 6.45) is 3.25. The number of nitrogens with one attached hydrogen (secondary N) is 3. The summed E-state index contributed by atoms with van der Waals surface area (Å²) in [4.78, 5) is 13.0. The Labute approximate surface area is 241 Å². The number of alkyl halides is 1. The predicted molar refractivity (Wildman–Crippen MR) is 154 cm³/mol. The third kappa shape index (κ3) is 6.97. The molecule has 2 aromatic carbocycles. The molecule has 0 aliphatic carbocycles. The average Bonchev–Trinajstić information content (AvgIpc) is 2.94. The monoisotopic (exact) mass is 598 g/mol. The molecule has 3 N–H and O–H groups in total. The largest absolute Gasteiger partial charge is 0.438 e. The van der Waals surface area contributed by atoms with Crippen LogP contribution in [0.4, 0.5) is 24.8 Å². The van der Waals surface area contributed by atoms with Gasteiger partial charge in [-0.3, -0.25) is 4.72 Å². The number of sulfonamides is 1. The number of rotatable bonds is 9. The van der Waals surface area contributed by atoms with Crippen molar-refractivity contribution in [2.24, 2.45) is 0 Å². The number of nitrogens with zero attached hydrogens (tertiary/aromatic N) is 3. The molecule has 42 heavy (non-hydrogen) atoms. The maximum atomic E-state index is 15.3. The Balaban J connectivity index is 1.38. The maximum absolute atomic E-state index is 15.3. The lowest BCUT2D eigenvalue weighted by Crippen LogP contribution is -2.50. The van der Waals surface area contributed by atoms with Gasteiger partial charge in [0.1, 0.15) is 17.1 Å². The van der Waals surface area contributed by atoms with Crippen LogP contribution in [0.15, 0.2) is 67.0 Å². The summed E-state index contributed by atoms with van der Waals surface area (Å²) in [5.74, 6) is -2.64. The van der Waals surface area contributed by atoms with Crippen molar-refractivity contribution in [2.45, 2.75) is 37.7 Å². The van der Waals surface area contributed by atoms with E-state index in [0.29, 0.717) is 23.4 Å². The minimum Gasteiger partial charge on any atom is -0.438 e. The fraction of sp³-hybridized carbons (Fsp3) is 0.276. The Morgan fingerprint density at radius 1 is 1.10 bits per heavy atom. The molecule has 1 aliphatic rings. The molecule has 0 amide bonds. The van der Waals surface area contributed by atoms with Gasteiger partial charge in [-0.2, -0.15) is 0 Å². The van der Waals surface area contributed by atoms with E-state index in [1.807, 2.05) is 4.72 Å². The van der Waals surface area contributed by atoms with E-state index < -0.39 is 38.8 Å². The Bertz CT molecular complexity index is 1690. The smallest absolute Gasteiger partial charge is 0.237 e. The molecule has 1 aliphatic heterocycles. The second kappa shape index (κ2) is 11.9. The lowest BCUT2D eigenvalue weighted by atomic mass is 9.95. The number of benzene rings is 2. The molecule has 13 heteroatoms. The van der Waals surface area contributed by atoms with Crippen molar-refractivity contribution in [3.05, 3.63) is 89.8 Å². The number of hydrogen-bond acceptors (Lipinski definition) is 8. The summed E-state index contributed by atoms with van der Waals surface area (Å²) < 4.78 is 78.0. The molecular weight excluding hydrogens is 569 g/mol. The van der Waals surface area contributed by atoms with Gasteiger partial charge in [0.2, 0.25) is 21.9 Å². The van der Waals surface area contributed by atoms with E-state index in [-0.39, 0.29) is 42.1 Å². The molecule has 1 saturated heterocycles. The van der Waals surface area contributed by atoms with Crippen LogP contribution < -0.4 is 20.1 Å². The highest BCUT2D eigenvalue weighted by molar-refractivity contribution is 7.91. The molecule has 1 fully saturated rings. The van der Waals surface area contributed by atoms with Gasteiger partial charge in [0.25, 0.3) is 0 Å². The number of aromatic nitrogens is 3. The molecule has 0 spiro atoms. The number of hydrogen-bond donors (Lipinski definition) is 3. The summed E-state index contributed by atoms with van der Waals surface area (Å²) in [7, 11) is -4.11. The van der Waals surface area contributed by atoms with Crippen molar-refractivity contribution >= 4 is 21.7 Å². The second-order valence-electron chi connectivity index (χ2n) is 10.3. The topological polar surface area (TPSA) is 118 Å². The molecule has 0 radical (unpaired) electrons. The zero-order valence-corrected chi connectivity index (χ0v) is 23.7. The van der Waals surface area contributed by atoms with Crippen LogP contribution in [0, 0.1) is 18.6 Å². The van der Waals surface area contributed by atoms with Gasteiger partial charge in [-0.25, -0.2) is 36.5 Å². The standard InChI is InChI=1S/C29H29F3N6O3S/c1-18-24(13-22(30)26(25(18)31)38-42(39,40)16-19-7-4-3-5-8-19)41-27-21(9-6-11-34-27)23-10-12-35-28(37-23)36-20-14-29(2,32)17-33-15-20/h3-13,20,33,38H,14-17H2,1-2H3,(H,35,36,37)/t20?,29-/m0/s1. The number of piperidine rings is 1. The molecule has 2 aromatic heterocycles. The lowest BCUT2D eigenvalue weighted by molar-refractivity contribution is 0.137. The van der Waals surface area contributed by atoms with E-state index in [1.165, 1.54) is 26.2 Å². The van der Waals surface area contributed by atoms with E-state index in [1.54, 1.807) is 48.5 Å². The van der Waals surface area contributed by atoms with Gasteiger partial charge in [0.05, 0.1) is 17.0 Å². The van der Waals surface area contributed by atoms with Crippen LogP contribution in [0.25, 0.3) is 11.3 Å². The highest BCUT2D eigenvalue weighted by Gasteiger charge is 2.32. The quantitative estimate of drug-likeness (QED) is 0.236. The first-order chi connectivity index (χ1) is 20.0. The first-order valence-corrected chi connectivity index (χ1v) is 14.8. The fourth-order valence-electron chi connectivity index (χ4n) is 4.68. The molecule has 5 rings (SSSR count). The first kappa shape index (κ1) is 29.3. The Kier molecular flexibility index (Phi) is 8.32. The molecule has 9 nitrogen and oxygen atoms in total. The van der Waals surface area contributed by atoms with Gasteiger partial charge in [-0.1, -0.05) is 30.3 Å². The zero-order valence-electron chi connectivity index (χ0n) is 22.9. The third-order valence-corrected chi connectivity index (χ3v) is 7.90. The third-order valence-electron chi connectivity index (χ3n) is 6.67. The van der Waals surface area contributed by atoms with E-state index in [0.717, 1.165) is 6.07 Å². The molecule has 0 saturated carbocycles. The van der Waals surface area contributed by atoms with Crippen molar-refractivity contribution in [2.75, 3.05) is 23.1 Å². The van der Waals surface area contributed by atoms with Gasteiger partial charge >= 0.3 is 0 Å². The highest BCUT2D eigenvalue weighted by atomic mass is 32.2. The van der Waals surface area contributed by atoms with Crippen LogP contribution >= 0.6 is 0 Å². The summed E-state index contributed by atoms with van der Waals surface area (Å²) in [5, 5.41) is 6.19. The summed E-state index contributed by atoms with van der Waals surface area (Å²) in [6.45, 7) is 3.68. The van der Waals surface area contributed by atoms with Crippen molar-refractivity contribution < 1.29 is 26.3 Å². The normalized spacial score (nSPS) is 18.8. The Morgan fingerprint density at radius 3 is 2.64 bits per heavy atom. The minimum absolute atomic E-state index is 0.0112. The highest BCUT2D eigenvalue weighted by Crippen LogP contribution is 2.36. The lowest BCUT2D eigenvalue weighted by Gasteiger charge is -2.33. The average molecular weight is 599 g/mol. The van der Waals surface area contributed by atoms with Crippen molar-refractivity contribution in [3.8, 4) is 22.9 Å². The number of ether oxygens (including phenoxy) is 1. The molecule has 2 atom stereocenters. The van der Waals surface area contributed by atoms with E-state index in [4.69, 9.17) is 4.74 Å². The van der Waals surface area contributed by atoms with Gasteiger partial charge in [0, 0.05) is 49.6 Å². The van der Waals surface area contributed by atoms with Crippen LogP contribution in [0.3, 0.4) is 0 Å². The van der Waals surface area contributed by atoms with Gasteiger partial charge < -0.3 is 15.4 Å². The van der Waals surface area contributed by atoms with Crippen LogP contribution in [-0.4, -0.2) is 48.2 Å². The van der Waals surface area contributed by atoms with Gasteiger partial charge in [0.15, 0.2) is 11.6 Å². The van der Waals surface area contributed by atoms with Crippen LogP contribution in [0.2, 0.25) is 0 Å². The van der Waals surface area contributed by atoms with Crippen LogP contribution in [0.1, 0.15) is 24.5 Å². The van der Waals surface area contributed by atoms with Crippen molar-refractivity contribution in [1.82, 2.24) is 20.3 Å². The Morgan fingerprint density at radius 2 is 1.88 bits per heavy atom. The molecule has 3 heterocycles. The van der Waals surface area contributed by atoms with Gasteiger partial charge in [-0.15, -0.1) is 0 Å². The number of pyridine rings is 1. The second-order valence-corrected chi connectivity index (χ2v) is 12.1. The molecule has 0 bridgehead atoms. The van der Waals surface area contributed by atoms with Crippen LogP contribution in [-0.2, 0) is 15.8 Å². The van der Waals surface area contributed by atoms with Gasteiger partial charge in [-0.05, 0) is 37.6 Å². The van der Waals surface area contributed by atoms with Crippen molar-refractivity contribution in [3.63, 3.8) is 0 Å². The summed E-state index contributed by atoms with van der Waals surface area (Å²) >= 11 is 0. The zero-order chi connectivity index (χ0) is 29.9. The minimum atomic E-state index is -4.11. The fourth-order valence-corrected chi connectivity index (χ4v) is 5.88. The Hall–Kier alpha value is -4.23. The van der Waals surface area contributed by atoms with E-state index >= 15 is 8.78 Å².